The van der Waals surface area contributed by atoms with Crippen LogP contribution in [0.1, 0.15) is 43.8 Å². The third-order valence-corrected chi connectivity index (χ3v) is 10.8. The standard InChI is InChI=1S/C23H29N5O4Si/c1-23(2,3)33(4,5)31-12-17-16(29)11-18(32-17)28-14-26-19-20(24-13-25-21(19)28)27-22(30)15-9-7-6-8-10-15/h6-10,13-14,18,29H,11-12H2,1-5H3,(H,24,25,27,30)/q-1/t18-/m1/s1. The largest absolute Gasteiger partial charge is 0.559 e. The summed E-state index contributed by atoms with van der Waals surface area (Å²) < 4.78 is 14.0. The average Bonchev–Trinajstić information content (AvgIpc) is 3.36. The summed E-state index contributed by atoms with van der Waals surface area (Å²) in [6.45, 7) is 11.0. The van der Waals surface area contributed by atoms with Crippen LogP contribution in [0.4, 0.5) is 5.82 Å². The van der Waals surface area contributed by atoms with Gasteiger partial charge in [-0.3, -0.25) is 9.36 Å². The van der Waals surface area contributed by atoms with Gasteiger partial charge in [-0.2, -0.15) is 0 Å². The number of imidazole rings is 1. The van der Waals surface area contributed by atoms with Crippen molar-refractivity contribution in [3.8, 4) is 0 Å². The summed E-state index contributed by atoms with van der Waals surface area (Å²) in [7, 11) is -1.99. The first-order chi connectivity index (χ1) is 15.6. The molecule has 175 valence electrons. The van der Waals surface area contributed by atoms with E-state index in [9.17, 15) is 9.90 Å². The zero-order chi connectivity index (χ0) is 23.8. The van der Waals surface area contributed by atoms with Crippen molar-refractivity contribution < 1.29 is 19.1 Å². The molecule has 4 rings (SSSR count). The summed E-state index contributed by atoms with van der Waals surface area (Å²) in [4.78, 5) is 25.5. The van der Waals surface area contributed by atoms with Crippen LogP contribution in [-0.2, 0) is 9.16 Å². The highest BCUT2D eigenvalue weighted by molar-refractivity contribution is 6.74. The van der Waals surface area contributed by atoms with Gasteiger partial charge in [-0.25, -0.2) is 15.0 Å². The van der Waals surface area contributed by atoms with Crippen LogP contribution in [-0.4, -0.2) is 45.5 Å². The van der Waals surface area contributed by atoms with Gasteiger partial charge in [-0.1, -0.05) is 39.0 Å². The maximum Gasteiger partial charge on any atom is 0.256 e. The van der Waals surface area contributed by atoms with E-state index in [1.807, 2.05) is 6.07 Å². The van der Waals surface area contributed by atoms with Gasteiger partial charge in [0.25, 0.3) is 5.91 Å². The number of rotatable bonds is 6. The summed E-state index contributed by atoms with van der Waals surface area (Å²) in [5.41, 5.74) is 1.46. The first kappa shape index (κ1) is 22.9. The molecule has 33 heavy (non-hydrogen) atoms. The molecule has 2 aromatic heterocycles. The third kappa shape index (κ3) is 4.62. The second kappa shape index (κ2) is 8.60. The lowest BCUT2D eigenvalue weighted by molar-refractivity contribution is 0.0670. The number of aliphatic hydroxyl groups is 1. The second-order valence-electron chi connectivity index (χ2n) is 9.56. The zero-order valence-electron chi connectivity index (χ0n) is 19.5. The highest BCUT2D eigenvalue weighted by Crippen LogP contribution is 2.38. The number of hydrogen-bond acceptors (Lipinski definition) is 7. The molecule has 1 aromatic carbocycles. The van der Waals surface area contributed by atoms with Gasteiger partial charge in [0.05, 0.1) is 13.0 Å². The van der Waals surface area contributed by atoms with Crippen molar-refractivity contribution in [1.82, 2.24) is 19.5 Å². The lowest BCUT2D eigenvalue weighted by Gasteiger charge is -2.48. The number of aromatic nitrogens is 4. The number of nitrogens with one attached hydrogen (secondary N) is 1. The van der Waals surface area contributed by atoms with Gasteiger partial charge in [-0.15, -0.1) is 18.1 Å². The fraction of sp³-hybridized carbons (Fsp3) is 0.391. The molecule has 9 nitrogen and oxygen atoms in total. The van der Waals surface area contributed by atoms with Crippen molar-refractivity contribution in [2.24, 2.45) is 0 Å². The van der Waals surface area contributed by atoms with E-state index in [1.54, 1.807) is 35.2 Å². The highest BCUT2D eigenvalue weighted by Gasteiger charge is 2.31. The van der Waals surface area contributed by atoms with E-state index < -0.39 is 14.5 Å². The fourth-order valence-electron chi connectivity index (χ4n) is 3.21. The van der Waals surface area contributed by atoms with E-state index in [0.29, 0.717) is 28.3 Å². The lowest BCUT2D eigenvalue weighted by atomic mass is 10.2. The monoisotopic (exact) mass is 467 g/mol. The maximum absolute atomic E-state index is 12.5. The molecule has 0 unspecified atom stereocenters. The van der Waals surface area contributed by atoms with Crippen molar-refractivity contribution in [2.45, 2.75) is 51.6 Å². The zero-order valence-corrected chi connectivity index (χ0v) is 20.5. The van der Waals surface area contributed by atoms with Crippen LogP contribution in [0.15, 0.2) is 54.5 Å². The molecule has 0 saturated carbocycles. The Kier molecular flexibility index (Phi) is 5.98. The van der Waals surface area contributed by atoms with Crippen molar-refractivity contribution in [1.29, 1.82) is 0 Å². The van der Waals surface area contributed by atoms with Crippen LogP contribution in [0.25, 0.3) is 11.2 Å². The maximum atomic E-state index is 12.5. The quantitative estimate of drug-likeness (QED) is 0.501. The number of benzene rings is 1. The van der Waals surface area contributed by atoms with E-state index in [-0.39, 0.29) is 29.7 Å². The molecular weight excluding hydrogens is 438 g/mol. The normalized spacial score (nSPS) is 16.8. The predicted octanol–water partition coefficient (Wildman–Crippen LogP) is 4.79. The molecular formula is C23H29N5O4Si-. The first-order valence-corrected chi connectivity index (χ1v) is 13.7. The van der Waals surface area contributed by atoms with Crippen LogP contribution in [0.3, 0.4) is 0 Å². The molecule has 0 aliphatic carbocycles. The van der Waals surface area contributed by atoms with Gasteiger partial charge < -0.3 is 19.6 Å². The molecule has 0 saturated heterocycles. The number of carbonyl (C=O) groups is 1. The van der Waals surface area contributed by atoms with E-state index in [0.717, 1.165) is 0 Å². The number of amides is 1. The van der Waals surface area contributed by atoms with Crippen LogP contribution >= 0.6 is 0 Å². The molecule has 0 bridgehead atoms. The summed E-state index contributed by atoms with van der Waals surface area (Å²) in [6, 6.07) is 8.88. The Morgan fingerprint density at radius 3 is 2.67 bits per heavy atom. The summed E-state index contributed by atoms with van der Waals surface area (Å²) in [6.07, 6.45) is 2.70. The van der Waals surface area contributed by atoms with Gasteiger partial charge in [0.1, 0.15) is 18.4 Å². The van der Waals surface area contributed by atoms with Gasteiger partial charge in [0.15, 0.2) is 29.0 Å². The molecule has 10 heteroatoms. The fourth-order valence-corrected chi connectivity index (χ4v) is 4.14. The second-order valence-corrected chi connectivity index (χ2v) is 14.4. The van der Waals surface area contributed by atoms with Crippen LogP contribution < -0.4 is 5.32 Å². The Balaban J connectivity index is 1.50. The van der Waals surface area contributed by atoms with Gasteiger partial charge in [-0.05, 0) is 20.5 Å². The number of fused-ring (bicyclic) bond motifs is 1. The molecule has 1 aliphatic rings. The molecule has 3 heterocycles. The van der Waals surface area contributed by atoms with Gasteiger partial charge in [0.2, 0.25) is 0 Å². The molecule has 2 N–H and O–H groups in total. The number of anilines is 1. The minimum absolute atomic E-state index is 0.0548. The number of ether oxygens (including phenoxy) is 1. The molecule has 1 aliphatic heterocycles. The number of nitrogens with zero attached hydrogens (tertiary/aromatic N) is 4. The Hall–Kier alpha value is -3.24. The van der Waals surface area contributed by atoms with Crippen molar-refractivity contribution in [3.63, 3.8) is 0 Å². The van der Waals surface area contributed by atoms with Crippen LogP contribution in [0, 0.1) is 0 Å². The SMILES string of the molecule is CC(C)(C)[Si-](C)(C)OCC1=C(O)C[C@H](n2cnc3c(NC(=O)c4ccccc4)ncnc32)O1. The van der Waals surface area contributed by atoms with E-state index in [1.165, 1.54) is 6.33 Å². The molecule has 0 spiro atoms. The predicted molar refractivity (Wildman–Crippen MR) is 127 cm³/mol. The Labute approximate surface area is 193 Å². The van der Waals surface area contributed by atoms with Crippen molar-refractivity contribution >= 4 is 31.2 Å². The number of carbonyl (C=O) groups excluding carboxylic acids is 1. The van der Waals surface area contributed by atoms with E-state index >= 15 is 0 Å². The molecule has 0 radical (unpaired) electrons. The van der Waals surface area contributed by atoms with Crippen molar-refractivity contribution in [3.05, 3.63) is 60.1 Å². The number of aliphatic hydroxyl groups excluding tert-OH is 1. The topological polar surface area (TPSA) is 111 Å². The molecule has 1 atom stereocenters. The summed E-state index contributed by atoms with van der Waals surface area (Å²) >= 11 is 0. The Bertz CT molecular complexity index is 1200. The van der Waals surface area contributed by atoms with E-state index in [4.69, 9.17) is 9.16 Å². The Morgan fingerprint density at radius 2 is 1.97 bits per heavy atom. The van der Waals surface area contributed by atoms with Crippen molar-refractivity contribution in [2.75, 3.05) is 11.9 Å². The summed E-state index contributed by atoms with van der Waals surface area (Å²) in [5, 5.41) is 13.3. The summed E-state index contributed by atoms with van der Waals surface area (Å²) in [5.74, 6) is 0.612. The minimum Gasteiger partial charge on any atom is -0.559 e. The highest BCUT2D eigenvalue weighted by atomic mass is 28.4. The first-order valence-electron chi connectivity index (χ1n) is 10.8. The molecule has 0 fully saturated rings. The Morgan fingerprint density at radius 1 is 1.24 bits per heavy atom. The van der Waals surface area contributed by atoms with Crippen LogP contribution in [0.2, 0.25) is 18.1 Å². The van der Waals surface area contributed by atoms with Gasteiger partial charge >= 0.3 is 0 Å². The molecule has 1 amide bonds. The lowest BCUT2D eigenvalue weighted by Crippen LogP contribution is -2.41. The third-order valence-electron chi connectivity index (χ3n) is 6.28. The molecule has 3 aromatic rings. The van der Waals surface area contributed by atoms with Crippen LogP contribution in [0.5, 0.6) is 0 Å². The minimum atomic E-state index is -1.99. The smallest absolute Gasteiger partial charge is 0.256 e. The number of hydrogen-bond donors (Lipinski definition) is 2. The van der Waals surface area contributed by atoms with E-state index in [2.05, 4.69) is 54.1 Å². The average molecular weight is 468 g/mol. The van der Waals surface area contributed by atoms with Gasteiger partial charge in [0, 0.05) is 5.56 Å².